The van der Waals surface area contributed by atoms with E-state index in [1.165, 1.54) is 64.2 Å². The maximum Gasteiger partial charge on any atom is 0.0648 e. The maximum atomic E-state index is 11.4. The van der Waals surface area contributed by atoms with E-state index >= 15 is 0 Å². The second kappa shape index (κ2) is 9.29. The van der Waals surface area contributed by atoms with Crippen molar-refractivity contribution >= 4 is 0 Å². The molecule has 35 heavy (non-hydrogen) atoms. The van der Waals surface area contributed by atoms with Gasteiger partial charge in [0.15, 0.2) is 0 Å². The van der Waals surface area contributed by atoms with E-state index in [9.17, 15) is 10.2 Å². The highest BCUT2D eigenvalue weighted by Crippen LogP contribution is 2.69. The molecule has 2 N–H and O–H groups in total. The van der Waals surface area contributed by atoms with Crippen LogP contribution in [0.25, 0.3) is 0 Å². The SMILES string of the molecule is CC(C)C1CCC(O)(CC[C@@H](C)[C@H]2CC[C@H]3[C@@H]4CC[C@H]5C[C@@](C)(O)CC[C@]5(C)[C@H]4CC[C@]23C)CC1. The van der Waals surface area contributed by atoms with E-state index in [0.29, 0.717) is 10.8 Å². The standard InChI is InChI=1S/C33H58O2/c1-22(2)24-12-17-33(35,18-13-24)16-11-23(3)27-9-10-28-26-8-7-25-21-30(4,34)19-20-31(25,5)29(26)14-15-32(27,28)6/h22-29,34-35H,7-21H2,1-6H3/t23-,24?,25+,26+,27-,28+,29+,30+,31+,32-,33?/m1/s1. The molecule has 5 saturated carbocycles. The highest BCUT2D eigenvalue weighted by atomic mass is 16.3. The Hall–Kier alpha value is -0.0800. The summed E-state index contributed by atoms with van der Waals surface area (Å²) in [6.07, 6.45) is 18.5. The van der Waals surface area contributed by atoms with E-state index in [4.69, 9.17) is 0 Å². The second-order valence-corrected chi connectivity index (χ2v) is 15.9. The lowest BCUT2D eigenvalue weighted by Crippen LogP contribution is -2.55. The topological polar surface area (TPSA) is 40.5 Å². The van der Waals surface area contributed by atoms with Crippen LogP contribution < -0.4 is 0 Å². The van der Waals surface area contributed by atoms with Gasteiger partial charge in [-0.1, -0.05) is 34.6 Å². The van der Waals surface area contributed by atoms with E-state index in [-0.39, 0.29) is 5.60 Å². The van der Waals surface area contributed by atoms with Gasteiger partial charge in [0.2, 0.25) is 0 Å². The first-order chi connectivity index (χ1) is 16.4. The summed E-state index contributed by atoms with van der Waals surface area (Å²) >= 11 is 0. The zero-order chi connectivity index (χ0) is 25.2. The molecule has 0 radical (unpaired) electrons. The maximum absolute atomic E-state index is 11.4. The van der Waals surface area contributed by atoms with Gasteiger partial charge in [-0.3, -0.25) is 0 Å². The van der Waals surface area contributed by atoms with Gasteiger partial charge in [0.05, 0.1) is 11.2 Å². The zero-order valence-corrected chi connectivity index (χ0v) is 24.1. The van der Waals surface area contributed by atoms with Crippen LogP contribution in [-0.2, 0) is 0 Å². The summed E-state index contributed by atoms with van der Waals surface area (Å²) in [6.45, 7) is 14.6. The molecule has 2 heteroatoms. The third-order valence-corrected chi connectivity index (χ3v) is 13.7. The molecule has 5 aliphatic carbocycles. The minimum atomic E-state index is -0.424. The molecule has 0 unspecified atom stereocenters. The molecule has 0 heterocycles. The van der Waals surface area contributed by atoms with Gasteiger partial charge in [-0.25, -0.2) is 0 Å². The Bertz CT molecular complexity index is 748. The van der Waals surface area contributed by atoms with Gasteiger partial charge in [-0.2, -0.15) is 0 Å². The van der Waals surface area contributed by atoms with Crippen molar-refractivity contribution in [3.63, 3.8) is 0 Å². The number of hydrogen-bond donors (Lipinski definition) is 2. The normalized spacial score (nSPS) is 53.1. The summed E-state index contributed by atoms with van der Waals surface area (Å²) < 4.78 is 0. The Balaban J connectivity index is 1.22. The molecule has 9 atom stereocenters. The highest BCUT2D eigenvalue weighted by Gasteiger charge is 2.61. The monoisotopic (exact) mass is 486 g/mol. The van der Waals surface area contributed by atoms with E-state index in [0.717, 1.165) is 79.4 Å². The summed E-state index contributed by atoms with van der Waals surface area (Å²) in [5.41, 5.74) is 0.174. The summed E-state index contributed by atoms with van der Waals surface area (Å²) in [7, 11) is 0. The van der Waals surface area contributed by atoms with E-state index in [2.05, 4.69) is 41.5 Å². The molecule has 5 fully saturated rings. The van der Waals surface area contributed by atoms with Crippen LogP contribution in [0.1, 0.15) is 138 Å². The lowest BCUT2D eigenvalue weighted by atomic mass is 9.43. The highest BCUT2D eigenvalue weighted by molar-refractivity contribution is 5.10. The lowest BCUT2D eigenvalue weighted by Gasteiger charge is -2.62. The fourth-order valence-corrected chi connectivity index (χ4v) is 11.2. The predicted octanol–water partition coefficient (Wildman–Crippen LogP) is 8.39. The van der Waals surface area contributed by atoms with Gasteiger partial charge in [-0.15, -0.1) is 0 Å². The zero-order valence-electron chi connectivity index (χ0n) is 24.1. The molecule has 2 nitrogen and oxygen atoms in total. The lowest BCUT2D eigenvalue weighted by molar-refractivity contribution is -0.148. The van der Waals surface area contributed by atoms with Crippen LogP contribution in [0.2, 0.25) is 0 Å². The summed E-state index contributed by atoms with van der Waals surface area (Å²) in [6, 6.07) is 0. The molecule has 202 valence electrons. The van der Waals surface area contributed by atoms with Gasteiger partial charge in [-0.05, 0) is 161 Å². The summed E-state index contributed by atoms with van der Waals surface area (Å²) in [5.74, 6) is 6.64. The third-order valence-electron chi connectivity index (χ3n) is 13.7. The predicted molar refractivity (Wildman–Crippen MR) is 146 cm³/mol. The van der Waals surface area contributed by atoms with Crippen LogP contribution >= 0.6 is 0 Å². The van der Waals surface area contributed by atoms with Crippen LogP contribution in [0, 0.1) is 58.2 Å². The molecular weight excluding hydrogens is 428 g/mol. The number of fused-ring (bicyclic) bond motifs is 5. The van der Waals surface area contributed by atoms with Gasteiger partial charge >= 0.3 is 0 Å². The Kier molecular flexibility index (Phi) is 7.04. The van der Waals surface area contributed by atoms with E-state index in [1.54, 1.807) is 0 Å². The molecule has 0 aromatic heterocycles. The molecule has 5 aliphatic rings. The van der Waals surface area contributed by atoms with E-state index in [1.807, 2.05) is 0 Å². The first kappa shape index (κ1) is 26.5. The average molecular weight is 487 g/mol. The second-order valence-electron chi connectivity index (χ2n) is 15.9. The van der Waals surface area contributed by atoms with Crippen molar-refractivity contribution in [3.8, 4) is 0 Å². The smallest absolute Gasteiger partial charge is 0.0648 e. The average Bonchev–Trinajstić information content (AvgIpc) is 3.15. The molecule has 0 saturated heterocycles. The van der Waals surface area contributed by atoms with Crippen LogP contribution in [0.4, 0.5) is 0 Å². The first-order valence-corrected chi connectivity index (χ1v) is 15.8. The molecule has 0 bridgehead atoms. The van der Waals surface area contributed by atoms with Crippen molar-refractivity contribution in [1.82, 2.24) is 0 Å². The molecule has 5 rings (SSSR count). The molecule has 0 aliphatic heterocycles. The van der Waals surface area contributed by atoms with Crippen LogP contribution in [0.5, 0.6) is 0 Å². The molecule has 0 amide bonds. The Morgan fingerprint density at radius 1 is 0.714 bits per heavy atom. The summed E-state index contributed by atoms with van der Waals surface area (Å²) in [5, 5.41) is 22.2. The van der Waals surface area contributed by atoms with Crippen LogP contribution in [0.3, 0.4) is 0 Å². The van der Waals surface area contributed by atoms with Gasteiger partial charge in [0.25, 0.3) is 0 Å². The molecule has 0 aromatic rings. The quantitative estimate of drug-likeness (QED) is 0.409. The molecule has 0 aromatic carbocycles. The van der Waals surface area contributed by atoms with Crippen molar-refractivity contribution in [1.29, 1.82) is 0 Å². The third kappa shape index (κ3) is 4.68. The van der Waals surface area contributed by atoms with Gasteiger partial charge in [0.1, 0.15) is 0 Å². The van der Waals surface area contributed by atoms with E-state index < -0.39 is 5.60 Å². The molecule has 0 spiro atoms. The fraction of sp³-hybridized carbons (Fsp3) is 1.00. The van der Waals surface area contributed by atoms with Crippen molar-refractivity contribution in [3.05, 3.63) is 0 Å². The Labute approximate surface area is 217 Å². The molecular formula is C33H58O2. The minimum Gasteiger partial charge on any atom is -0.390 e. The van der Waals surface area contributed by atoms with Crippen LogP contribution in [0.15, 0.2) is 0 Å². The minimum absolute atomic E-state index is 0.384. The Morgan fingerprint density at radius 2 is 1.40 bits per heavy atom. The van der Waals surface area contributed by atoms with Crippen molar-refractivity contribution in [2.75, 3.05) is 0 Å². The van der Waals surface area contributed by atoms with Crippen molar-refractivity contribution in [2.24, 2.45) is 58.2 Å². The van der Waals surface area contributed by atoms with Gasteiger partial charge < -0.3 is 10.2 Å². The van der Waals surface area contributed by atoms with Crippen molar-refractivity contribution in [2.45, 2.75) is 149 Å². The number of hydrogen-bond acceptors (Lipinski definition) is 2. The largest absolute Gasteiger partial charge is 0.390 e. The van der Waals surface area contributed by atoms with Gasteiger partial charge in [0, 0.05) is 0 Å². The number of rotatable bonds is 5. The Morgan fingerprint density at radius 3 is 2.09 bits per heavy atom. The van der Waals surface area contributed by atoms with Crippen molar-refractivity contribution < 1.29 is 10.2 Å². The number of aliphatic hydroxyl groups is 2. The summed E-state index contributed by atoms with van der Waals surface area (Å²) in [4.78, 5) is 0. The first-order valence-electron chi connectivity index (χ1n) is 15.8. The fourth-order valence-electron chi connectivity index (χ4n) is 11.2. The van der Waals surface area contributed by atoms with Crippen LogP contribution in [-0.4, -0.2) is 21.4 Å².